The highest BCUT2D eigenvalue weighted by Gasteiger charge is 2.17. The smallest absolute Gasteiger partial charge is 0.214 e. The van der Waals surface area contributed by atoms with Crippen LogP contribution >= 0.6 is 0 Å². The average Bonchev–Trinajstić information content (AvgIpc) is 3.00. The summed E-state index contributed by atoms with van der Waals surface area (Å²) in [5, 5.41) is 4.45. The van der Waals surface area contributed by atoms with Gasteiger partial charge in [-0.3, -0.25) is 4.98 Å². The number of nitrogens with zero attached hydrogens (tertiary/aromatic N) is 3. The van der Waals surface area contributed by atoms with Crippen molar-refractivity contribution in [2.75, 3.05) is 0 Å². The summed E-state index contributed by atoms with van der Waals surface area (Å²) in [5.41, 5.74) is 7.80. The minimum atomic E-state index is -0.356. The third-order valence-electron chi connectivity index (χ3n) is 7.26. The van der Waals surface area contributed by atoms with Gasteiger partial charge in [0.1, 0.15) is 11.1 Å². The van der Waals surface area contributed by atoms with E-state index in [1.807, 2.05) is 51.4 Å². The van der Waals surface area contributed by atoms with Crippen LogP contribution in [0.2, 0.25) is 0 Å². The molecule has 0 saturated heterocycles. The third-order valence-corrected chi connectivity index (χ3v) is 7.26. The first-order chi connectivity index (χ1) is 19.9. The molecule has 0 aliphatic rings. The fraction of sp³-hybridized carbons (Fsp3) is 0.108. The Bertz CT molecular complexity index is 2050. The van der Waals surface area contributed by atoms with Crippen molar-refractivity contribution in [3.05, 3.63) is 122 Å². The molecule has 0 atom stereocenters. The van der Waals surface area contributed by atoms with Gasteiger partial charge in [-0.05, 0) is 90.2 Å². The second-order valence-electron chi connectivity index (χ2n) is 11.3. The highest BCUT2D eigenvalue weighted by Crippen LogP contribution is 2.38. The van der Waals surface area contributed by atoms with E-state index in [4.69, 9.17) is 14.7 Å². The summed E-state index contributed by atoms with van der Waals surface area (Å²) < 4.78 is 6.15. The topological polar surface area (TPSA) is 47.9 Å². The van der Waals surface area contributed by atoms with Crippen LogP contribution in [-0.4, -0.2) is 20.6 Å². The first kappa shape index (κ1) is 24.9. The minimum Gasteiger partial charge on any atom is -0.472 e. The number of ether oxygens (including phenoxy) is 1. The second kappa shape index (κ2) is 9.83. The fourth-order valence-electron chi connectivity index (χ4n) is 5.46. The molecular weight excluding hydrogens is 502 g/mol. The summed E-state index contributed by atoms with van der Waals surface area (Å²) in [6.45, 7) is 6.10. The number of hydrogen-bond acceptors (Lipinski definition) is 4. The van der Waals surface area contributed by atoms with Gasteiger partial charge in [0, 0.05) is 34.8 Å². The molecule has 41 heavy (non-hydrogen) atoms. The number of fused-ring (bicyclic) bond motifs is 4. The van der Waals surface area contributed by atoms with Crippen LogP contribution in [0.25, 0.3) is 66.1 Å². The molecule has 3 aromatic heterocycles. The number of aromatic nitrogens is 3. The summed E-state index contributed by atoms with van der Waals surface area (Å²) in [6, 6.07) is 38.1. The first-order valence-electron chi connectivity index (χ1n) is 13.9. The average molecular weight is 532 g/mol. The van der Waals surface area contributed by atoms with Gasteiger partial charge < -0.3 is 4.74 Å². The molecule has 0 saturated carbocycles. The lowest BCUT2D eigenvalue weighted by Crippen LogP contribution is -2.23. The molecule has 0 fully saturated rings. The quantitative estimate of drug-likeness (QED) is 0.212. The zero-order valence-corrected chi connectivity index (χ0v) is 23.3. The lowest BCUT2D eigenvalue weighted by molar-refractivity contribution is 0.124. The summed E-state index contributed by atoms with van der Waals surface area (Å²) in [7, 11) is 0. The molecule has 0 N–H and O–H groups in total. The van der Waals surface area contributed by atoms with Gasteiger partial charge in [-0.2, -0.15) is 0 Å². The van der Waals surface area contributed by atoms with Gasteiger partial charge in [0.05, 0.1) is 11.2 Å². The van der Waals surface area contributed by atoms with E-state index in [0.717, 1.165) is 44.2 Å². The van der Waals surface area contributed by atoms with Crippen molar-refractivity contribution in [3.8, 4) is 39.4 Å². The zero-order valence-electron chi connectivity index (χ0n) is 23.3. The van der Waals surface area contributed by atoms with E-state index in [-0.39, 0.29) is 5.60 Å². The normalized spacial score (nSPS) is 11.8. The van der Waals surface area contributed by atoms with Crippen LogP contribution in [0.3, 0.4) is 0 Å². The molecule has 0 aliphatic carbocycles. The highest BCUT2D eigenvalue weighted by atomic mass is 16.5. The van der Waals surface area contributed by atoms with Gasteiger partial charge in [0.25, 0.3) is 0 Å². The van der Waals surface area contributed by atoms with Gasteiger partial charge in [-0.15, -0.1) is 0 Å². The van der Waals surface area contributed by atoms with E-state index in [0.29, 0.717) is 5.88 Å². The number of pyridine rings is 3. The molecule has 0 aliphatic heterocycles. The van der Waals surface area contributed by atoms with Crippen molar-refractivity contribution >= 4 is 32.6 Å². The Balaban J connectivity index is 1.54. The maximum atomic E-state index is 6.15. The molecule has 7 aromatic rings. The summed E-state index contributed by atoms with van der Waals surface area (Å²) in [6.07, 6.45) is 3.67. The molecule has 0 bridgehead atoms. The predicted molar refractivity (Wildman–Crippen MR) is 169 cm³/mol. The van der Waals surface area contributed by atoms with Gasteiger partial charge in [0.2, 0.25) is 5.88 Å². The Labute approximate surface area is 239 Å². The lowest BCUT2D eigenvalue weighted by atomic mass is 9.93. The molecule has 0 spiro atoms. The number of rotatable bonds is 4. The first-order valence-corrected chi connectivity index (χ1v) is 13.9. The molecule has 4 heteroatoms. The van der Waals surface area contributed by atoms with Crippen LogP contribution in [0.5, 0.6) is 5.88 Å². The van der Waals surface area contributed by atoms with Gasteiger partial charge in [-0.1, -0.05) is 66.7 Å². The fourth-order valence-corrected chi connectivity index (χ4v) is 5.46. The molecule has 4 nitrogen and oxygen atoms in total. The van der Waals surface area contributed by atoms with Crippen molar-refractivity contribution in [2.45, 2.75) is 26.4 Å². The SMILES string of the molecule is CC(C)(C)Oc1ccc2ccc3c(-c4ccncc4)cc(-c4cc(-c5ccccc5)c5ccccc5c4)nc3c2n1. The Hall–Kier alpha value is -5.09. The van der Waals surface area contributed by atoms with Crippen molar-refractivity contribution in [3.63, 3.8) is 0 Å². The molecule has 198 valence electrons. The van der Waals surface area contributed by atoms with Crippen LogP contribution in [-0.2, 0) is 0 Å². The van der Waals surface area contributed by atoms with Crippen LogP contribution < -0.4 is 4.74 Å². The Morgan fingerprint density at radius 3 is 2.05 bits per heavy atom. The lowest BCUT2D eigenvalue weighted by Gasteiger charge is -2.20. The van der Waals surface area contributed by atoms with Crippen LogP contribution in [0.15, 0.2) is 122 Å². The van der Waals surface area contributed by atoms with E-state index in [2.05, 4.69) is 96.0 Å². The Kier molecular flexibility index (Phi) is 5.97. The maximum absolute atomic E-state index is 6.15. The van der Waals surface area contributed by atoms with E-state index in [1.54, 1.807) is 0 Å². The molecule has 7 rings (SSSR count). The Morgan fingerprint density at radius 2 is 1.24 bits per heavy atom. The highest BCUT2D eigenvalue weighted by molar-refractivity contribution is 6.10. The Morgan fingerprint density at radius 1 is 0.537 bits per heavy atom. The predicted octanol–water partition coefficient (Wildman–Crippen LogP) is 9.51. The molecule has 0 amide bonds. The minimum absolute atomic E-state index is 0.356. The monoisotopic (exact) mass is 531 g/mol. The zero-order chi connectivity index (χ0) is 28.0. The molecule has 3 heterocycles. The van der Waals surface area contributed by atoms with Crippen molar-refractivity contribution in [1.29, 1.82) is 0 Å². The number of hydrogen-bond donors (Lipinski definition) is 0. The summed E-state index contributed by atoms with van der Waals surface area (Å²) >= 11 is 0. The summed E-state index contributed by atoms with van der Waals surface area (Å²) in [5.74, 6) is 0.590. The number of benzene rings is 4. The van der Waals surface area contributed by atoms with Crippen LogP contribution in [0.1, 0.15) is 20.8 Å². The van der Waals surface area contributed by atoms with Crippen molar-refractivity contribution in [2.24, 2.45) is 0 Å². The van der Waals surface area contributed by atoms with E-state index < -0.39 is 0 Å². The molecule has 0 unspecified atom stereocenters. The van der Waals surface area contributed by atoms with Crippen molar-refractivity contribution in [1.82, 2.24) is 15.0 Å². The molecule has 4 aromatic carbocycles. The van der Waals surface area contributed by atoms with Crippen molar-refractivity contribution < 1.29 is 4.74 Å². The molecular formula is C37H29N3O. The standard InChI is InChI=1S/C37H29N3O/c1-37(2,3)41-34-16-14-26-13-15-30-32(25-17-19-38-20-18-25)23-33(39-36(30)35(26)40-34)28-21-27-11-7-8-12-29(27)31(22-28)24-9-5-4-6-10-24/h4-23H,1-3H3. The van der Waals surface area contributed by atoms with Crippen LogP contribution in [0, 0.1) is 0 Å². The largest absolute Gasteiger partial charge is 0.472 e. The van der Waals surface area contributed by atoms with Gasteiger partial charge >= 0.3 is 0 Å². The second-order valence-corrected chi connectivity index (χ2v) is 11.3. The van der Waals surface area contributed by atoms with Gasteiger partial charge in [0.15, 0.2) is 0 Å². The van der Waals surface area contributed by atoms with E-state index in [1.165, 1.54) is 21.9 Å². The van der Waals surface area contributed by atoms with E-state index in [9.17, 15) is 0 Å². The van der Waals surface area contributed by atoms with E-state index >= 15 is 0 Å². The van der Waals surface area contributed by atoms with Crippen LogP contribution in [0.4, 0.5) is 0 Å². The van der Waals surface area contributed by atoms with Gasteiger partial charge in [-0.25, -0.2) is 9.97 Å². The summed E-state index contributed by atoms with van der Waals surface area (Å²) in [4.78, 5) is 14.5. The molecule has 0 radical (unpaired) electrons. The maximum Gasteiger partial charge on any atom is 0.214 e. The third kappa shape index (κ3) is 4.78.